The van der Waals surface area contributed by atoms with Crippen LogP contribution in [0.5, 0.6) is 0 Å². The summed E-state index contributed by atoms with van der Waals surface area (Å²) in [5.74, 6) is 0. The number of nitrogens with one attached hydrogen (secondary N) is 1. The minimum absolute atomic E-state index is 0.794. The van der Waals surface area contributed by atoms with Gasteiger partial charge in [-0.15, -0.1) is 0 Å². The number of hydrogen-bond donors (Lipinski definition) is 1. The molecular weight excluding hydrogens is 250 g/mol. The number of fused-ring (bicyclic) bond motifs is 1. The first kappa shape index (κ1) is 10.8. The zero-order valence-corrected chi connectivity index (χ0v) is 10.6. The van der Waals surface area contributed by atoms with E-state index in [-0.39, 0.29) is 0 Å². The number of para-hydroxylation sites is 1. The van der Waals surface area contributed by atoms with Crippen LogP contribution in [0.1, 0.15) is 0 Å². The molecule has 0 spiro atoms. The lowest BCUT2D eigenvalue weighted by atomic mass is 10.2. The summed E-state index contributed by atoms with van der Waals surface area (Å²) in [6.45, 7) is 0. The molecule has 3 rings (SSSR count). The first-order valence-corrected chi connectivity index (χ1v) is 6.52. The minimum atomic E-state index is 0.794. The van der Waals surface area contributed by atoms with Crippen LogP contribution in [0.3, 0.4) is 0 Å². The van der Waals surface area contributed by atoms with Gasteiger partial charge in [-0.05, 0) is 18.2 Å². The Bertz CT molecular complexity index is 660. The zero-order chi connectivity index (χ0) is 11.7. The summed E-state index contributed by atoms with van der Waals surface area (Å²) < 4.78 is 0. The smallest absolute Gasteiger partial charge is 0.0545 e. The fraction of sp³-hybridized carbons (Fsp3) is 0. The molecule has 3 aromatic rings. The maximum atomic E-state index is 6.16. The SMILES string of the molecule is Clc1ccccc1Sc1c[nH]c2ccccc12. The third-order valence-corrected chi connectivity index (χ3v) is 4.18. The summed E-state index contributed by atoms with van der Waals surface area (Å²) in [6.07, 6.45) is 2.03. The lowest BCUT2D eigenvalue weighted by Gasteiger charge is -2.02. The van der Waals surface area contributed by atoms with Gasteiger partial charge in [0.1, 0.15) is 0 Å². The molecule has 0 amide bonds. The van der Waals surface area contributed by atoms with Crippen LogP contribution in [0.2, 0.25) is 5.02 Å². The van der Waals surface area contributed by atoms with E-state index in [0.29, 0.717) is 0 Å². The van der Waals surface area contributed by atoms with E-state index in [4.69, 9.17) is 11.6 Å². The highest BCUT2D eigenvalue weighted by atomic mass is 35.5. The van der Waals surface area contributed by atoms with Gasteiger partial charge in [-0.25, -0.2) is 0 Å². The van der Waals surface area contributed by atoms with Gasteiger partial charge in [0.25, 0.3) is 0 Å². The highest BCUT2D eigenvalue weighted by Gasteiger charge is 2.06. The third-order valence-electron chi connectivity index (χ3n) is 2.61. The van der Waals surface area contributed by atoms with Crippen molar-refractivity contribution < 1.29 is 0 Å². The van der Waals surface area contributed by atoms with Crippen LogP contribution in [0.4, 0.5) is 0 Å². The van der Waals surface area contributed by atoms with Gasteiger partial charge in [0, 0.05) is 26.9 Å². The number of H-pyrrole nitrogens is 1. The van der Waals surface area contributed by atoms with Gasteiger partial charge < -0.3 is 4.98 Å². The van der Waals surface area contributed by atoms with Crippen molar-refractivity contribution in [1.29, 1.82) is 0 Å². The third kappa shape index (κ3) is 2.06. The second-order valence-corrected chi connectivity index (χ2v) is 5.22. The number of hydrogen-bond acceptors (Lipinski definition) is 1. The van der Waals surface area contributed by atoms with Crippen molar-refractivity contribution in [3.05, 3.63) is 59.8 Å². The summed E-state index contributed by atoms with van der Waals surface area (Å²) >= 11 is 7.85. The Morgan fingerprint density at radius 3 is 2.53 bits per heavy atom. The van der Waals surface area contributed by atoms with Gasteiger partial charge >= 0.3 is 0 Å². The number of aromatic amines is 1. The van der Waals surface area contributed by atoms with E-state index in [1.54, 1.807) is 11.8 Å². The number of aromatic nitrogens is 1. The molecule has 2 aromatic carbocycles. The molecule has 0 radical (unpaired) electrons. The molecular formula is C14H10ClNS. The lowest BCUT2D eigenvalue weighted by Crippen LogP contribution is -1.73. The van der Waals surface area contributed by atoms with Gasteiger partial charge in [-0.2, -0.15) is 0 Å². The monoisotopic (exact) mass is 259 g/mol. The summed E-state index contributed by atoms with van der Waals surface area (Å²) in [4.78, 5) is 5.55. The summed E-state index contributed by atoms with van der Waals surface area (Å²) in [5.41, 5.74) is 1.15. The molecule has 1 aromatic heterocycles. The molecule has 0 saturated heterocycles. The molecule has 0 aliphatic heterocycles. The van der Waals surface area contributed by atoms with E-state index in [1.807, 2.05) is 42.6 Å². The van der Waals surface area contributed by atoms with Gasteiger partial charge in [-0.3, -0.25) is 0 Å². The van der Waals surface area contributed by atoms with Crippen molar-refractivity contribution >= 4 is 34.3 Å². The number of halogens is 1. The standard InChI is InChI=1S/C14H10ClNS/c15-11-6-2-4-8-13(11)17-14-9-16-12-7-3-1-5-10(12)14/h1-9,16H. The molecule has 1 heterocycles. The maximum Gasteiger partial charge on any atom is 0.0545 e. The van der Waals surface area contributed by atoms with E-state index in [2.05, 4.69) is 17.1 Å². The highest BCUT2D eigenvalue weighted by molar-refractivity contribution is 7.99. The van der Waals surface area contributed by atoms with Crippen molar-refractivity contribution in [2.24, 2.45) is 0 Å². The van der Waals surface area contributed by atoms with Gasteiger partial charge in [0.15, 0.2) is 0 Å². The van der Waals surface area contributed by atoms with E-state index >= 15 is 0 Å². The molecule has 0 bridgehead atoms. The van der Waals surface area contributed by atoms with Crippen molar-refractivity contribution in [3.8, 4) is 0 Å². The van der Waals surface area contributed by atoms with Gasteiger partial charge in [0.05, 0.1) is 5.02 Å². The summed E-state index contributed by atoms with van der Waals surface area (Å²) in [5, 5.41) is 2.03. The Morgan fingerprint density at radius 2 is 1.65 bits per heavy atom. The van der Waals surface area contributed by atoms with Crippen LogP contribution in [-0.4, -0.2) is 4.98 Å². The molecule has 0 atom stereocenters. The molecule has 1 nitrogen and oxygen atoms in total. The zero-order valence-electron chi connectivity index (χ0n) is 8.98. The first-order chi connectivity index (χ1) is 8.34. The molecule has 1 N–H and O–H groups in total. The normalized spacial score (nSPS) is 10.9. The Kier molecular flexibility index (Phi) is 2.83. The van der Waals surface area contributed by atoms with E-state index in [9.17, 15) is 0 Å². The Morgan fingerprint density at radius 1 is 0.882 bits per heavy atom. The van der Waals surface area contributed by atoms with E-state index in [1.165, 1.54) is 10.3 Å². The topological polar surface area (TPSA) is 15.8 Å². The van der Waals surface area contributed by atoms with Gasteiger partial charge in [0.2, 0.25) is 0 Å². The Hall–Kier alpha value is -1.38. The molecule has 0 saturated carbocycles. The van der Waals surface area contributed by atoms with Crippen LogP contribution in [0.25, 0.3) is 10.9 Å². The molecule has 0 fully saturated rings. The van der Waals surface area contributed by atoms with Crippen molar-refractivity contribution in [3.63, 3.8) is 0 Å². The van der Waals surface area contributed by atoms with Gasteiger partial charge in [-0.1, -0.05) is 53.7 Å². The quantitative estimate of drug-likeness (QED) is 0.687. The fourth-order valence-electron chi connectivity index (χ4n) is 1.78. The molecule has 0 aliphatic rings. The summed E-state index contributed by atoms with van der Waals surface area (Å²) in [7, 11) is 0. The fourth-order valence-corrected chi connectivity index (χ4v) is 2.98. The average molecular weight is 260 g/mol. The van der Waals surface area contributed by atoms with Crippen LogP contribution in [0, 0.1) is 0 Å². The van der Waals surface area contributed by atoms with Crippen LogP contribution < -0.4 is 0 Å². The first-order valence-electron chi connectivity index (χ1n) is 5.33. The minimum Gasteiger partial charge on any atom is -0.360 e. The second kappa shape index (κ2) is 4.47. The number of benzene rings is 2. The molecule has 84 valence electrons. The van der Waals surface area contributed by atoms with E-state index < -0.39 is 0 Å². The Labute approximate surface area is 109 Å². The van der Waals surface area contributed by atoms with Crippen molar-refractivity contribution in [2.45, 2.75) is 9.79 Å². The molecule has 3 heteroatoms. The maximum absolute atomic E-state index is 6.16. The molecule has 17 heavy (non-hydrogen) atoms. The predicted octanol–water partition coefficient (Wildman–Crippen LogP) is 4.97. The lowest BCUT2D eigenvalue weighted by molar-refractivity contribution is 1.39. The molecule has 0 unspecified atom stereocenters. The highest BCUT2D eigenvalue weighted by Crippen LogP contribution is 2.36. The van der Waals surface area contributed by atoms with Crippen LogP contribution >= 0.6 is 23.4 Å². The summed E-state index contributed by atoms with van der Waals surface area (Å²) in [6, 6.07) is 16.2. The second-order valence-electron chi connectivity index (χ2n) is 3.73. The number of rotatable bonds is 2. The average Bonchev–Trinajstić information content (AvgIpc) is 2.76. The van der Waals surface area contributed by atoms with Crippen molar-refractivity contribution in [2.75, 3.05) is 0 Å². The Balaban J connectivity index is 2.03. The van der Waals surface area contributed by atoms with Crippen LogP contribution in [-0.2, 0) is 0 Å². The van der Waals surface area contributed by atoms with E-state index in [0.717, 1.165) is 15.4 Å². The predicted molar refractivity (Wildman–Crippen MR) is 73.9 cm³/mol. The van der Waals surface area contributed by atoms with Crippen molar-refractivity contribution in [1.82, 2.24) is 4.98 Å². The van der Waals surface area contributed by atoms with Crippen LogP contribution in [0.15, 0.2) is 64.5 Å². The largest absolute Gasteiger partial charge is 0.360 e. The molecule has 0 aliphatic carbocycles.